The minimum absolute atomic E-state index is 0. The number of hydrogen-bond acceptors (Lipinski definition) is 17. The van der Waals surface area contributed by atoms with Gasteiger partial charge in [0.15, 0.2) is 27.6 Å². The highest BCUT2D eigenvalue weighted by molar-refractivity contribution is 9.11. The number of anilines is 3. The molecular weight excluding hydrogens is 1130 g/mol. The first-order valence-corrected chi connectivity index (χ1v) is 23.3. The molecule has 71 heavy (non-hydrogen) atoms. The predicted molar refractivity (Wildman–Crippen MR) is 279 cm³/mol. The Hall–Kier alpha value is -6.73. The molecule has 1 saturated heterocycles. The lowest BCUT2D eigenvalue weighted by molar-refractivity contribution is -0.385. The number of nitrogen functional groups attached to an aromatic ring is 1. The number of nitro groups is 2. The van der Waals surface area contributed by atoms with E-state index in [9.17, 15) is 29.8 Å². The Morgan fingerprint density at radius 3 is 1.55 bits per heavy atom. The fraction of sp³-hybridized carbons (Fsp3) is 0.378. The van der Waals surface area contributed by atoms with Crippen LogP contribution in [0.1, 0.15) is 45.2 Å². The smallest absolute Gasteiger partial charge is 0.414 e. The van der Waals surface area contributed by atoms with Gasteiger partial charge in [0.05, 0.1) is 37.3 Å². The first-order valence-electron chi connectivity index (χ1n) is 20.9. The van der Waals surface area contributed by atoms with E-state index in [1.807, 2.05) is 12.1 Å². The number of nitrogens with zero attached hydrogens (tertiary/aromatic N) is 8. The van der Waals surface area contributed by atoms with Gasteiger partial charge in [-0.3, -0.25) is 30.0 Å². The first kappa shape index (κ1) is 62.3. The Balaban J connectivity index is 0.000000605. The molecule has 0 radical (unpaired) electrons. The summed E-state index contributed by atoms with van der Waals surface area (Å²) in [5.74, 6) is 1.85. The van der Waals surface area contributed by atoms with E-state index in [-0.39, 0.29) is 65.8 Å². The molecule has 386 valence electrons. The van der Waals surface area contributed by atoms with E-state index in [1.165, 1.54) is 49.0 Å². The molecule has 0 bridgehead atoms. The Kier molecular flexibility index (Phi) is 29.6. The van der Waals surface area contributed by atoms with Crippen LogP contribution in [0.15, 0.2) is 87.7 Å². The summed E-state index contributed by atoms with van der Waals surface area (Å²) < 4.78 is 37.6. The van der Waals surface area contributed by atoms with Crippen LogP contribution in [0.3, 0.4) is 0 Å². The summed E-state index contributed by atoms with van der Waals surface area (Å²) in [6, 6.07) is 13.5. The number of nitrogens with one attached hydrogen (secondary N) is 1. The zero-order valence-electron chi connectivity index (χ0n) is 38.8. The summed E-state index contributed by atoms with van der Waals surface area (Å²) in [6.45, 7) is 13.6. The molecule has 2 aromatic carbocycles. The number of rotatable bonds is 20. The van der Waals surface area contributed by atoms with Crippen LogP contribution in [0, 0.1) is 25.8 Å². The van der Waals surface area contributed by atoms with Crippen molar-refractivity contribution in [2.24, 2.45) is 0 Å². The zero-order chi connectivity index (χ0) is 52.2. The van der Waals surface area contributed by atoms with Crippen molar-refractivity contribution in [2.45, 2.75) is 47.0 Å². The van der Waals surface area contributed by atoms with Gasteiger partial charge in [0.1, 0.15) is 33.8 Å². The van der Waals surface area contributed by atoms with Crippen LogP contribution in [-0.4, -0.2) is 99.0 Å². The number of pyridine rings is 2. The van der Waals surface area contributed by atoms with Crippen LogP contribution in [0.4, 0.5) is 38.2 Å². The molecule has 1 fully saturated rings. The third-order valence-corrected chi connectivity index (χ3v) is 10.4. The van der Waals surface area contributed by atoms with Gasteiger partial charge in [0.25, 0.3) is 0 Å². The molecule has 23 nitrogen and oxygen atoms in total. The van der Waals surface area contributed by atoms with E-state index in [4.69, 9.17) is 50.0 Å². The number of carbonyl (C=O) groups is 2. The van der Waals surface area contributed by atoms with Crippen molar-refractivity contribution in [3.63, 3.8) is 0 Å². The molecule has 2 amide bonds. The minimum atomic E-state index is -0.736. The molecule has 4 aromatic rings. The van der Waals surface area contributed by atoms with Gasteiger partial charge in [0.2, 0.25) is 5.82 Å². The van der Waals surface area contributed by atoms with Crippen LogP contribution in [0.2, 0.25) is 0 Å². The number of carbonyl (C=O) groups excluding carboxylic acids is 2. The summed E-state index contributed by atoms with van der Waals surface area (Å²) in [7, 11) is 3.07. The number of halogens is 3. The molecule has 5 rings (SSSR count). The highest BCUT2D eigenvalue weighted by Crippen LogP contribution is 2.38. The summed E-state index contributed by atoms with van der Waals surface area (Å²) in [5, 5.41) is 23.2. The zero-order valence-corrected chi connectivity index (χ0v) is 43.5. The maximum atomic E-state index is 12.6. The van der Waals surface area contributed by atoms with Gasteiger partial charge in [-0.05, 0) is 133 Å². The van der Waals surface area contributed by atoms with Crippen LogP contribution in [0.5, 0.6) is 23.0 Å². The molecule has 1 aliphatic heterocycles. The van der Waals surface area contributed by atoms with E-state index in [2.05, 4.69) is 70.9 Å². The Bertz CT molecular complexity index is 2280. The van der Waals surface area contributed by atoms with Gasteiger partial charge in [-0.2, -0.15) is 0 Å². The van der Waals surface area contributed by atoms with Crippen molar-refractivity contribution >= 4 is 88.5 Å². The number of hydrogen-bond donors (Lipinski definition) is 2. The van der Waals surface area contributed by atoms with Gasteiger partial charge in [-0.15, -0.1) is 5.53 Å². The van der Waals surface area contributed by atoms with Crippen molar-refractivity contribution in [1.82, 2.24) is 9.97 Å². The SMILES string of the molecule is C.C1CCOC1.C=CCOc1cc(CCN(C(=O)OCC)c2cc(Br)nc(Br)c2[N+](=O)[O-])ccc1OC.C=CCOc1cc(CCN(C(=O)OCC)c2cc(Br)nc(N)c2[N+](=O)[O-])ccc1OC.[N-]=[N+]=N. The fourth-order valence-corrected chi connectivity index (χ4v) is 7.62. The lowest BCUT2D eigenvalue weighted by Gasteiger charge is -2.22. The third kappa shape index (κ3) is 20.3. The summed E-state index contributed by atoms with van der Waals surface area (Å²) in [5.41, 5.74) is 18.9. The molecule has 26 heteroatoms. The standard InChI is InChI=1S/C20H21Br2N3O6.C20H23BrN4O6.C4H8O.CH4.HN3/c2*1-4-10-31-16-11-13(6-7-15(16)29-3)8-9-24(20(26)30-5-2)14-12-17(21)23-19(22)18(14)25(27)28;1-2-4-5-3-1;;1-3-2/h4,6-7,11-12H,1,5,8-10H2,2-3H3;4,6-7,11-12H,1,5,8-10H2,2-3H3,(H2,22,23);1-4H2;1H4;1H. The summed E-state index contributed by atoms with van der Waals surface area (Å²) in [6.07, 6.45) is 5.07. The number of ether oxygens (including phenoxy) is 7. The third-order valence-electron chi connectivity index (χ3n) is 9.04. The van der Waals surface area contributed by atoms with Crippen LogP contribution >= 0.6 is 47.8 Å². The lowest BCUT2D eigenvalue weighted by atomic mass is 10.1. The van der Waals surface area contributed by atoms with Gasteiger partial charge < -0.3 is 38.9 Å². The maximum Gasteiger partial charge on any atom is 0.414 e. The van der Waals surface area contributed by atoms with E-state index in [1.54, 1.807) is 55.2 Å². The number of methoxy groups -OCH3 is 2. The van der Waals surface area contributed by atoms with E-state index >= 15 is 0 Å². The van der Waals surface area contributed by atoms with E-state index in [0.717, 1.165) is 24.3 Å². The van der Waals surface area contributed by atoms with Crippen molar-refractivity contribution in [3.8, 4) is 23.0 Å². The predicted octanol–water partition coefficient (Wildman–Crippen LogP) is 11.7. The van der Waals surface area contributed by atoms with Gasteiger partial charge in [-0.1, -0.05) is 44.9 Å². The van der Waals surface area contributed by atoms with Gasteiger partial charge in [-0.25, -0.2) is 19.6 Å². The number of aromatic nitrogens is 2. The maximum absolute atomic E-state index is 12.6. The fourth-order valence-electron chi connectivity index (χ4n) is 6.04. The second-order valence-corrected chi connectivity index (χ2v) is 16.0. The van der Waals surface area contributed by atoms with E-state index in [0.29, 0.717) is 53.7 Å². The second-order valence-electron chi connectivity index (χ2n) is 13.6. The number of nitrogens with two attached hydrogens (primary N) is 1. The van der Waals surface area contributed by atoms with Crippen LogP contribution in [-0.2, 0) is 27.1 Å². The second kappa shape index (κ2) is 33.7. The molecular formula is C45H57Br3N10O13. The molecule has 3 heterocycles. The van der Waals surface area contributed by atoms with Gasteiger partial charge >= 0.3 is 23.6 Å². The minimum Gasteiger partial charge on any atom is -0.493 e. The van der Waals surface area contributed by atoms with Crippen molar-refractivity contribution in [1.29, 1.82) is 5.53 Å². The van der Waals surface area contributed by atoms with E-state index < -0.39 is 27.7 Å². The number of amides is 2. The summed E-state index contributed by atoms with van der Waals surface area (Å²) >= 11 is 9.48. The Morgan fingerprint density at radius 2 is 1.20 bits per heavy atom. The Morgan fingerprint density at radius 1 is 0.789 bits per heavy atom. The first-order chi connectivity index (χ1) is 33.5. The molecule has 3 N–H and O–H groups in total. The Labute approximate surface area is 436 Å². The average Bonchev–Trinajstić information content (AvgIpc) is 3.91. The molecule has 0 aliphatic carbocycles. The number of benzene rings is 2. The summed E-state index contributed by atoms with van der Waals surface area (Å²) in [4.78, 5) is 59.2. The topological polar surface area (TPSA) is 304 Å². The largest absolute Gasteiger partial charge is 0.493 e. The van der Waals surface area contributed by atoms with Crippen molar-refractivity contribution < 1.29 is 52.6 Å². The molecule has 0 atom stereocenters. The lowest BCUT2D eigenvalue weighted by Crippen LogP contribution is -2.34. The molecule has 0 saturated carbocycles. The quantitative estimate of drug-likeness (QED) is 0.0158. The monoisotopic (exact) mass is 1180 g/mol. The highest BCUT2D eigenvalue weighted by atomic mass is 79.9. The highest BCUT2D eigenvalue weighted by Gasteiger charge is 2.31. The van der Waals surface area contributed by atoms with Gasteiger partial charge in [0, 0.05) is 38.4 Å². The van der Waals surface area contributed by atoms with Crippen LogP contribution < -0.4 is 34.5 Å². The molecule has 0 unspecified atom stereocenters. The molecule has 0 spiro atoms. The van der Waals surface area contributed by atoms with Crippen molar-refractivity contribution in [3.05, 3.63) is 129 Å². The molecule has 1 aliphatic rings. The average molecular weight is 1190 g/mol. The normalized spacial score (nSPS) is 10.8. The molecule has 2 aromatic heterocycles. The van der Waals surface area contributed by atoms with Crippen LogP contribution in [0.25, 0.3) is 10.4 Å². The van der Waals surface area contributed by atoms with Crippen molar-refractivity contribution in [2.75, 3.05) is 82.5 Å².